The van der Waals surface area contributed by atoms with Crippen LogP contribution in [0.1, 0.15) is 0 Å². The first-order valence-corrected chi connectivity index (χ1v) is 7.38. The number of ether oxygens (including phenoxy) is 1. The molecule has 1 aliphatic heterocycles. The smallest absolute Gasteiger partial charge is 0.405 e. The highest BCUT2D eigenvalue weighted by Crippen LogP contribution is 2.25. The van der Waals surface area contributed by atoms with Crippen LogP contribution in [-0.4, -0.2) is 57.9 Å². The zero-order valence-corrected chi connectivity index (χ0v) is 11.0. The summed E-state index contributed by atoms with van der Waals surface area (Å²) in [6.07, 6.45) is -2.83. The standard InChI is InChI=1S/C8H10N2O7S2/c11-5-3(9-7(13)14)1-18-19-2-4(6(12)17-5)10-8(15)16/h3-4,9-10H,1-2H2,(H,13,14)(H,15,16)/t3-,4-/m0/s1. The fraction of sp³-hybridized carbons (Fsp3) is 0.500. The van der Waals surface area contributed by atoms with Gasteiger partial charge in [-0.1, -0.05) is 21.6 Å². The Morgan fingerprint density at radius 3 is 1.68 bits per heavy atom. The summed E-state index contributed by atoms with van der Waals surface area (Å²) in [5.74, 6) is -1.97. The molecule has 0 aromatic heterocycles. The molecule has 106 valence electrons. The fourth-order valence-electron chi connectivity index (χ4n) is 1.11. The molecule has 0 saturated carbocycles. The Kier molecular flexibility index (Phi) is 5.76. The molecule has 0 spiro atoms. The summed E-state index contributed by atoms with van der Waals surface area (Å²) < 4.78 is 4.44. The lowest BCUT2D eigenvalue weighted by Gasteiger charge is -2.14. The van der Waals surface area contributed by atoms with E-state index in [-0.39, 0.29) is 11.5 Å². The molecular weight excluding hydrogens is 300 g/mol. The van der Waals surface area contributed by atoms with Crippen molar-refractivity contribution < 1.29 is 34.1 Å². The topological polar surface area (TPSA) is 142 Å². The molecular formula is C8H10N2O7S2. The number of nitrogens with one attached hydrogen (secondary N) is 2. The van der Waals surface area contributed by atoms with Gasteiger partial charge in [-0.05, 0) is 0 Å². The molecule has 11 heteroatoms. The molecule has 2 atom stereocenters. The highest BCUT2D eigenvalue weighted by molar-refractivity contribution is 8.76. The Balaban J connectivity index is 2.73. The van der Waals surface area contributed by atoms with Crippen LogP contribution in [0.15, 0.2) is 0 Å². The zero-order valence-electron chi connectivity index (χ0n) is 9.32. The summed E-state index contributed by atoms with van der Waals surface area (Å²) in [6.45, 7) is 0. The van der Waals surface area contributed by atoms with Crippen molar-refractivity contribution in [1.29, 1.82) is 0 Å². The predicted molar refractivity (Wildman–Crippen MR) is 65.9 cm³/mol. The van der Waals surface area contributed by atoms with Gasteiger partial charge in [-0.15, -0.1) is 0 Å². The summed E-state index contributed by atoms with van der Waals surface area (Å²) in [7, 11) is 2.27. The number of esters is 2. The van der Waals surface area contributed by atoms with Crippen LogP contribution in [-0.2, 0) is 14.3 Å². The van der Waals surface area contributed by atoms with Gasteiger partial charge in [0, 0.05) is 11.5 Å². The van der Waals surface area contributed by atoms with Gasteiger partial charge in [-0.3, -0.25) is 0 Å². The minimum atomic E-state index is -1.42. The van der Waals surface area contributed by atoms with Gasteiger partial charge in [-0.25, -0.2) is 19.2 Å². The van der Waals surface area contributed by atoms with Crippen molar-refractivity contribution >= 4 is 45.7 Å². The van der Waals surface area contributed by atoms with Gasteiger partial charge < -0.3 is 25.6 Å². The average molecular weight is 310 g/mol. The molecule has 0 bridgehead atoms. The van der Waals surface area contributed by atoms with Crippen molar-refractivity contribution in [2.75, 3.05) is 11.5 Å². The van der Waals surface area contributed by atoms with E-state index in [1.165, 1.54) is 0 Å². The van der Waals surface area contributed by atoms with Gasteiger partial charge in [0.2, 0.25) is 0 Å². The van der Waals surface area contributed by atoms with E-state index in [9.17, 15) is 19.2 Å². The van der Waals surface area contributed by atoms with Crippen LogP contribution >= 0.6 is 21.6 Å². The molecule has 19 heavy (non-hydrogen) atoms. The number of hydrogen-bond donors (Lipinski definition) is 4. The third kappa shape index (κ3) is 5.26. The van der Waals surface area contributed by atoms with Crippen molar-refractivity contribution in [2.24, 2.45) is 0 Å². The van der Waals surface area contributed by atoms with Crippen molar-refractivity contribution in [1.82, 2.24) is 10.6 Å². The molecule has 1 heterocycles. The predicted octanol–water partition coefficient (Wildman–Crippen LogP) is -0.276. The van der Waals surface area contributed by atoms with Crippen LogP contribution < -0.4 is 10.6 Å². The van der Waals surface area contributed by atoms with E-state index >= 15 is 0 Å². The number of rotatable bonds is 2. The van der Waals surface area contributed by atoms with Crippen LogP contribution in [0.4, 0.5) is 9.59 Å². The summed E-state index contributed by atoms with van der Waals surface area (Å²) >= 11 is 0. The van der Waals surface area contributed by atoms with E-state index in [1.807, 2.05) is 10.6 Å². The normalized spacial score (nSPS) is 24.4. The van der Waals surface area contributed by atoms with Gasteiger partial charge >= 0.3 is 24.1 Å². The lowest BCUT2D eigenvalue weighted by Crippen LogP contribution is -2.47. The minimum Gasteiger partial charge on any atom is -0.465 e. The number of carbonyl (C=O) groups excluding carboxylic acids is 2. The van der Waals surface area contributed by atoms with E-state index in [0.717, 1.165) is 21.6 Å². The number of cyclic esters (lactones) is 2. The summed E-state index contributed by atoms with van der Waals surface area (Å²) in [4.78, 5) is 44.0. The Labute approximate surface area is 114 Å². The van der Waals surface area contributed by atoms with Crippen molar-refractivity contribution in [3.8, 4) is 0 Å². The van der Waals surface area contributed by atoms with E-state index < -0.39 is 36.2 Å². The number of carboxylic acid groups (broad SMARTS) is 2. The van der Waals surface area contributed by atoms with Gasteiger partial charge in [0.25, 0.3) is 0 Å². The van der Waals surface area contributed by atoms with Gasteiger partial charge in [0.15, 0.2) is 0 Å². The van der Waals surface area contributed by atoms with Crippen LogP contribution in [0.3, 0.4) is 0 Å². The molecule has 0 unspecified atom stereocenters. The Morgan fingerprint density at radius 2 is 1.37 bits per heavy atom. The summed E-state index contributed by atoms with van der Waals surface area (Å²) in [5.41, 5.74) is 0. The maximum Gasteiger partial charge on any atom is 0.405 e. The molecule has 1 fully saturated rings. The first-order valence-electron chi connectivity index (χ1n) is 4.89. The molecule has 0 aromatic carbocycles. The van der Waals surface area contributed by atoms with E-state index in [2.05, 4.69) is 4.74 Å². The second-order valence-electron chi connectivity index (χ2n) is 3.31. The van der Waals surface area contributed by atoms with E-state index in [4.69, 9.17) is 10.2 Å². The third-order valence-electron chi connectivity index (χ3n) is 1.92. The third-order valence-corrected chi connectivity index (χ3v) is 4.34. The largest absolute Gasteiger partial charge is 0.465 e. The minimum absolute atomic E-state index is 0.0723. The van der Waals surface area contributed by atoms with Gasteiger partial charge in [0.05, 0.1) is 0 Å². The second kappa shape index (κ2) is 7.09. The lowest BCUT2D eigenvalue weighted by atomic mass is 10.3. The zero-order chi connectivity index (χ0) is 14.4. The second-order valence-corrected chi connectivity index (χ2v) is 5.87. The van der Waals surface area contributed by atoms with Crippen LogP contribution in [0.5, 0.6) is 0 Å². The molecule has 1 saturated heterocycles. The van der Waals surface area contributed by atoms with E-state index in [0.29, 0.717) is 0 Å². The van der Waals surface area contributed by atoms with E-state index in [1.54, 1.807) is 0 Å². The van der Waals surface area contributed by atoms with Crippen molar-refractivity contribution in [3.05, 3.63) is 0 Å². The van der Waals surface area contributed by atoms with Crippen LogP contribution in [0.2, 0.25) is 0 Å². The maximum absolute atomic E-state index is 11.5. The number of hydrogen-bond acceptors (Lipinski definition) is 7. The Bertz CT molecular complexity index is 367. The number of amides is 2. The van der Waals surface area contributed by atoms with Crippen molar-refractivity contribution in [2.45, 2.75) is 12.1 Å². The maximum atomic E-state index is 11.5. The van der Waals surface area contributed by atoms with Gasteiger partial charge in [0.1, 0.15) is 12.1 Å². The Hall–Kier alpha value is -1.62. The van der Waals surface area contributed by atoms with Crippen molar-refractivity contribution in [3.63, 3.8) is 0 Å². The molecule has 1 aliphatic rings. The monoisotopic (exact) mass is 310 g/mol. The van der Waals surface area contributed by atoms with Gasteiger partial charge in [-0.2, -0.15) is 0 Å². The summed E-state index contributed by atoms with van der Waals surface area (Å²) in [5, 5.41) is 20.9. The molecule has 0 aliphatic carbocycles. The fourth-order valence-corrected chi connectivity index (χ4v) is 3.41. The molecule has 4 N–H and O–H groups in total. The SMILES string of the molecule is O=C(O)N[C@H]1CSSC[C@H](NC(=O)O)C(=O)OC1=O. The lowest BCUT2D eigenvalue weighted by molar-refractivity contribution is -0.161. The highest BCUT2D eigenvalue weighted by Gasteiger charge is 2.31. The molecule has 0 radical (unpaired) electrons. The molecule has 1 rings (SSSR count). The Morgan fingerprint density at radius 1 is 1.00 bits per heavy atom. The quantitative estimate of drug-likeness (QED) is 0.308. The van der Waals surface area contributed by atoms with Crippen LogP contribution in [0, 0.1) is 0 Å². The first kappa shape index (κ1) is 15.4. The highest BCUT2D eigenvalue weighted by atomic mass is 33.1. The molecule has 2 amide bonds. The molecule has 0 aromatic rings. The number of carbonyl (C=O) groups is 4. The van der Waals surface area contributed by atoms with Crippen LogP contribution in [0.25, 0.3) is 0 Å². The summed E-state index contributed by atoms with van der Waals surface area (Å²) in [6, 6.07) is -2.36. The first-order chi connectivity index (χ1) is 8.90. The average Bonchev–Trinajstić information content (AvgIpc) is 2.34. The molecule has 9 nitrogen and oxygen atoms in total.